The van der Waals surface area contributed by atoms with Crippen molar-refractivity contribution in [1.82, 2.24) is 10.2 Å². The normalized spacial score (nSPS) is 23.8. The molecule has 0 aromatic heterocycles. The van der Waals surface area contributed by atoms with Crippen molar-refractivity contribution in [2.45, 2.75) is 57.5 Å². The lowest BCUT2D eigenvalue weighted by atomic mass is 9.86. The summed E-state index contributed by atoms with van der Waals surface area (Å²) in [6.45, 7) is 4.90. The molecule has 7 nitrogen and oxygen atoms in total. The quantitative estimate of drug-likeness (QED) is 0.704. The fourth-order valence-corrected chi connectivity index (χ4v) is 3.87. The molecule has 2 atom stereocenters. The molecular formula is C22H29F2N3O4. The zero-order chi connectivity index (χ0) is 22.8. The third-order valence-corrected chi connectivity index (χ3v) is 5.45. The number of amides is 3. The summed E-state index contributed by atoms with van der Waals surface area (Å²) in [5, 5.41) is 5.42. The van der Waals surface area contributed by atoms with Crippen LogP contribution in [0, 0.1) is 5.92 Å². The number of piperidine rings is 2. The van der Waals surface area contributed by atoms with Gasteiger partial charge in [-0.1, -0.05) is 12.1 Å². The SMILES string of the molecule is CC(C)(C)OC(=O)N1CC[C@@H](c2cccc(NC[C@@H]3CCC(=O)NC3=O)c2)C(F)(F)C1. The van der Waals surface area contributed by atoms with E-state index in [4.69, 9.17) is 4.74 Å². The van der Waals surface area contributed by atoms with Gasteiger partial charge in [-0.25, -0.2) is 13.6 Å². The van der Waals surface area contributed by atoms with Crippen LogP contribution in [0.4, 0.5) is 19.3 Å². The Morgan fingerprint density at radius 3 is 2.68 bits per heavy atom. The number of hydrogen-bond donors (Lipinski definition) is 2. The van der Waals surface area contributed by atoms with Crippen LogP contribution in [-0.2, 0) is 14.3 Å². The Balaban J connectivity index is 1.63. The van der Waals surface area contributed by atoms with Gasteiger partial charge in [0.25, 0.3) is 5.92 Å². The summed E-state index contributed by atoms with van der Waals surface area (Å²) in [6.07, 6.45) is 0.132. The highest BCUT2D eigenvalue weighted by Gasteiger charge is 2.47. The molecule has 0 spiro atoms. The molecule has 3 rings (SSSR count). The summed E-state index contributed by atoms with van der Waals surface area (Å²) in [4.78, 5) is 36.4. The van der Waals surface area contributed by atoms with E-state index in [1.807, 2.05) is 0 Å². The van der Waals surface area contributed by atoms with Crippen molar-refractivity contribution < 1.29 is 27.9 Å². The number of imide groups is 1. The first-order valence-electron chi connectivity index (χ1n) is 10.5. The molecule has 170 valence electrons. The molecule has 2 fully saturated rings. The Morgan fingerprint density at radius 1 is 1.29 bits per heavy atom. The average Bonchev–Trinajstić information content (AvgIpc) is 2.65. The fraction of sp³-hybridized carbons (Fsp3) is 0.591. The van der Waals surface area contributed by atoms with Gasteiger partial charge in [0, 0.05) is 25.2 Å². The number of carbonyl (C=O) groups is 3. The number of ether oxygens (including phenoxy) is 1. The lowest BCUT2D eigenvalue weighted by molar-refractivity contribution is -0.135. The third-order valence-electron chi connectivity index (χ3n) is 5.45. The molecule has 2 aliphatic rings. The monoisotopic (exact) mass is 437 g/mol. The smallest absolute Gasteiger partial charge is 0.410 e. The Labute approximate surface area is 180 Å². The van der Waals surface area contributed by atoms with E-state index in [0.717, 1.165) is 4.90 Å². The van der Waals surface area contributed by atoms with Gasteiger partial charge < -0.3 is 15.0 Å². The number of benzene rings is 1. The van der Waals surface area contributed by atoms with E-state index in [1.54, 1.807) is 45.0 Å². The van der Waals surface area contributed by atoms with Gasteiger partial charge in [0.2, 0.25) is 11.8 Å². The molecule has 2 saturated heterocycles. The molecule has 1 aromatic rings. The Hall–Kier alpha value is -2.71. The summed E-state index contributed by atoms with van der Waals surface area (Å²) in [6, 6.07) is 6.76. The van der Waals surface area contributed by atoms with Crippen LogP contribution in [0.3, 0.4) is 0 Å². The van der Waals surface area contributed by atoms with Gasteiger partial charge in [0.15, 0.2) is 0 Å². The maximum Gasteiger partial charge on any atom is 0.410 e. The lowest BCUT2D eigenvalue weighted by Gasteiger charge is -2.39. The van der Waals surface area contributed by atoms with Gasteiger partial charge in [0.05, 0.1) is 18.4 Å². The molecule has 1 aromatic carbocycles. The van der Waals surface area contributed by atoms with Crippen molar-refractivity contribution in [3.8, 4) is 0 Å². The van der Waals surface area contributed by atoms with Crippen molar-refractivity contribution in [2.75, 3.05) is 25.0 Å². The molecule has 0 bridgehead atoms. The summed E-state index contributed by atoms with van der Waals surface area (Å²) in [5.41, 5.74) is 0.362. The van der Waals surface area contributed by atoms with E-state index in [2.05, 4.69) is 10.6 Å². The van der Waals surface area contributed by atoms with E-state index >= 15 is 0 Å². The Morgan fingerprint density at radius 2 is 2.03 bits per heavy atom. The minimum Gasteiger partial charge on any atom is -0.444 e. The van der Waals surface area contributed by atoms with Crippen molar-refractivity contribution >= 4 is 23.6 Å². The van der Waals surface area contributed by atoms with Crippen LogP contribution in [0.5, 0.6) is 0 Å². The summed E-state index contributed by atoms with van der Waals surface area (Å²) in [7, 11) is 0. The molecule has 0 saturated carbocycles. The van der Waals surface area contributed by atoms with Crippen molar-refractivity contribution in [2.24, 2.45) is 5.92 Å². The minimum absolute atomic E-state index is 0.114. The van der Waals surface area contributed by atoms with Crippen molar-refractivity contribution in [3.05, 3.63) is 29.8 Å². The molecular weight excluding hydrogens is 408 g/mol. The molecule has 0 unspecified atom stereocenters. The predicted molar refractivity (Wildman–Crippen MR) is 111 cm³/mol. The molecule has 0 radical (unpaired) electrons. The summed E-state index contributed by atoms with van der Waals surface area (Å²) >= 11 is 0. The summed E-state index contributed by atoms with van der Waals surface area (Å²) in [5.74, 6) is -5.07. The standard InChI is InChI=1S/C22H29F2N3O4/c1-21(2,3)31-20(30)27-10-9-17(22(23,24)13-27)14-5-4-6-16(11-14)25-12-15-7-8-18(28)26-19(15)29/h4-6,11,15,17,25H,7-10,12-13H2,1-3H3,(H,26,28,29)/t15-,17-/m0/s1. The van der Waals surface area contributed by atoms with Crippen molar-refractivity contribution in [1.29, 1.82) is 0 Å². The van der Waals surface area contributed by atoms with Crippen LogP contribution in [0.1, 0.15) is 51.5 Å². The highest BCUT2D eigenvalue weighted by atomic mass is 19.3. The zero-order valence-corrected chi connectivity index (χ0v) is 18.0. The van der Waals surface area contributed by atoms with E-state index in [1.165, 1.54) is 0 Å². The number of nitrogens with zero attached hydrogens (tertiary/aromatic N) is 1. The van der Waals surface area contributed by atoms with Crippen LogP contribution in [0.15, 0.2) is 24.3 Å². The van der Waals surface area contributed by atoms with Gasteiger partial charge in [-0.05, 0) is 51.3 Å². The Kier molecular flexibility index (Phi) is 6.52. The van der Waals surface area contributed by atoms with Gasteiger partial charge in [-0.3, -0.25) is 14.9 Å². The molecule has 31 heavy (non-hydrogen) atoms. The maximum absolute atomic E-state index is 14.9. The number of rotatable bonds is 4. The molecule has 2 heterocycles. The highest BCUT2D eigenvalue weighted by molar-refractivity contribution is 5.98. The van der Waals surface area contributed by atoms with Gasteiger partial charge in [0.1, 0.15) is 5.60 Å². The molecule has 3 amide bonds. The first-order valence-corrected chi connectivity index (χ1v) is 10.5. The van der Waals surface area contributed by atoms with Crippen LogP contribution in [0.25, 0.3) is 0 Å². The zero-order valence-electron chi connectivity index (χ0n) is 18.0. The lowest BCUT2D eigenvalue weighted by Crippen LogP contribution is -2.50. The van der Waals surface area contributed by atoms with Gasteiger partial charge >= 0.3 is 6.09 Å². The highest BCUT2D eigenvalue weighted by Crippen LogP contribution is 2.41. The average molecular weight is 437 g/mol. The molecule has 2 N–H and O–H groups in total. The first kappa shape index (κ1) is 23.0. The maximum atomic E-state index is 14.9. The predicted octanol–water partition coefficient (Wildman–Crippen LogP) is 3.51. The van der Waals surface area contributed by atoms with E-state index in [-0.39, 0.29) is 30.7 Å². The van der Waals surface area contributed by atoms with Crippen LogP contribution in [0.2, 0.25) is 0 Å². The molecule has 0 aliphatic carbocycles. The van der Waals surface area contributed by atoms with Crippen molar-refractivity contribution in [3.63, 3.8) is 0 Å². The number of halogens is 2. The van der Waals surface area contributed by atoms with Gasteiger partial charge in [-0.15, -0.1) is 0 Å². The largest absolute Gasteiger partial charge is 0.444 e. The van der Waals surface area contributed by atoms with Gasteiger partial charge in [-0.2, -0.15) is 0 Å². The second-order valence-corrected chi connectivity index (χ2v) is 9.16. The number of alkyl halides is 2. The van der Waals surface area contributed by atoms with Crippen LogP contribution in [-0.4, -0.2) is 54.0 Å². The number of nitrogens with one attached hydrogen (secondary N) is 2. The van der Waals surface area contributed by atoms with E-state index < -0.39 is 30.1 Å². The van der Waals surface area contributed by atoms with Crippen LogP contribution >= 0.6 is 0 Å². The molecule has 2 aliphatic heterocycles. The van der Waals surface area contributed by atoms with E-state index in [0.29, 0.717) is 30.6 Å². The fourth-order valence-electron chi connectivity index (χ4n) is 3.87. The Bertz CT molecular complexity index is 853. The molecule has 9 heteroatoms. The topological polar surface area (TPSA) is 87.7 Å². The first-order chi connectivity index (χ1) is 14.4. The number of likely N-dealkylation sites (tertiary alicyclic amines) is 1. The third kappa shape index (κ3) is 5.92. The number of hydrogen-bond acceptors (Lipinski definition) is 5. The minimum atomic E-state index is -3.10. The second-order valence-electron chi connectivity index (χ2n) is 9.16. The number of anilines is 1. The van der Waals surface area contributed by atoms with E-state index in [9.17, 15) is 23.2 Å². The second kappa shape index (κ2) is 8.80. The number of carbonyl (C=O) groups excluding carboxylic acids is 3. The summed E-state index contributed by atoms with van der Waals surface area (Å²) < 4.78 is 35.1. The van der Waals surface area contributed by atoms with Crippen LogP contribution < -0.4 is 10.6 Å².